The van der Waals surface area contributed by atoms with Crippen LogP contribution in [0.3, 0.4) is 0 Å². The second-order valence-corrected chi connectivity index (χ2v) is 6.34. The van der Waals surface area contributed by atoms with Gasteiger partial charge in [-0.2, -0.15) is 0 Å². The Labute approximate surface area is 125 Å². The fraction of sp³-hybridized carbons (Fsp3) is 0.588. The smallest absolute Gasteiger partial charge is 0.223 e. The van der Waals surface area contributed by atoms with Gasteiger partial charge in [0.15, 0.2) is 0 Å². The van der Waals surface area contributed by atoms with Crippen molar-refractivity contribution in [2.75, 3.05) is 6.61 Å². The summed E-state index contributed by atoms with van der Waals surface area (Å²) in [6.45, 7) is 4.69. The lowest BCUT2D eigenvalue weighted by molar-refractivity contribution is -0.123. The summed E-state index contributed by atoms with van der Waals surface area (Å²) < 4.78 is 18.2. The molecule has 1 aliphatic carbocycles. The van der Waals surface area contributed by atoms with E-state index in [0.29, 0.717) is 18.8 Å². The summed E-state index contributed by atoms with van der Waals surface area (Å²) in [4.78, 5) is 12.0. The van der Waals surface area contributed by atoms with Gasteiger partial charge in [0.2, 0.25) is 5.91 Å². The molecule has 0 atom stereocenters. The Morgan fingerprint density at radius 2 is 1.95 bits per heavy atom. The van der Waals surface area contributed by atoms with Crippen LogP contribution < -0.4 is 10.1 Å². The highest BCUT2D eigenvalue weighted by molar-refractivity contribution is 5.76. The summed E-state index contributed by atoms with van der Waals surface area (Å²) in [7, 11) is 0. The first-order valence-electron chi connectivity index (χ1n) is 7.66. The number of halogens is 1. The summed E-state index contributed by atoms with van der Waals surface area (Å²) in [6, 6.07) is 5.83. The fourth-order valence-corrected chi connectivity index (χ4v) is 2.72. The fourth-order valence-electron chi connectivity index (χ4n) is 2.72. The number of amides is 1. The predicted molar refractivity (Wildman–Crippen MR) is 80.7 cm³/mol. The molecular formula is C17H24FNO2. The van der Waals surface area contributed by atoms with Crippen molar-refractivity contribution in [3.05, 3.63) is 30.1 Å². The Balaban J connectivity index is 1.71. The van der Waals surface area contributed by atoms with E-state index >= 15 is 0 Å². The van der Waals surface area contributed by atoms with Crippen LogP contribution in [0.2, 0.25) is 0 Å². The molecule has 0 saturated heterocycles. The lowest BCUT2D eigenvalue weighted by Crippen LogP contribution is -2.48. The van der Waals surface area contributed by atoms with E-state index in [1.807, 2.05) is 0 Å². The number of hydrogen-bond acceptors (Lipinski definition) is 2. The Hall–Kier alpha value is -1.58. The number of hydrogen-bond donors (Lipinski definition) is 1. The molecule has 1 N–H and O–H groups in total. The van der Waals surface area contributed by atoms with Crippen LogP contribution in [-0.2, 0) is 4.79 Å². The standard InChI is InChI=1S/C17H24FNO2/c1-13-7-10-17(2,11-8-13)19-16(20)9-12-21-15-5-3-14(18)4-6-15/h3-6,13H,7-12H2,1-2H3,(H,19,20). The highest BCUT2D eigenvalue weighted by atomic mass is 19.1. The summed E-state index contributed by atoms with van der Waals surface area (Å²) in [5, 5.41) is 3.13. The number of carbonyl (C=O) groups excluding carboxylic acids is 1. The van der Waals surface area contributed by atoms with Crippen LogP contribution in [0.25, 0.3) is 0 Å². The molecule has 116 valence electrons. The second-order valence-electron chi connectivity index (χ2n) is 6.34. The van der Waals surface area contributed by atoms with E-state index in [0.717, 1.165) is 18.8 Å². The van der Waals surface area contributed by atoms with Gasteiger partial charge in [0.05, 0.1) is 13.0 Å². The van der Waals surface area contributed by atoms with Gasteiger partial charge in [-0.05, 0) is 62.8 Å². The van der Waals surface area contributed by atoms with Gasteiger partial charge in [-0.25, -0.2) is 4.39 Å². The molecule has 0 bridgehead atoms. The third-order valence-electron chi connectivity index (χ3n) is 4.23. The molecule has 0 radical (unpaired) electrons. The van der Waals surface area contributed by atoms with Gasteiger partial charge in [0, 0.05) is 5.54 Å². The maximum Gasteiger partial charge on any atom is 0.223 e. The van der Waals surface area contributed by atoms with E-state index in [4.69, 9.17) is 4.74 Å². The summed E-state index contributed by atoms with van der Waals surface area (Å²) in [6.07, 6.45) is 4.74. The monoisotopic (exact) mass is 293 g/mol. The highest BCUT2D eigenvalue weighted by Crippen LogP contribution is 2.31. The zero-order chi connectivity index (χ0) is 15.3. The molecule has 0 heterocycles. The highest BCUT2D eigenvalue weighted by Gasteiger charge is 2.30. The molecule has 4 heteroatoms. The Kier molecular flexibility index (Phi) is 5.21. The lowest BCUT2D eigenvalue weighted by atomic mass is 9.78. The average molecular weight is 293 g/mol. The minimum absolute atomic E-state index is 0.0224. The van der Waals surface area contributed by atoms with Crippen molar-refractivity contribution in [1.82, 2.24) is 5.32 Å². The first-order valence-corrected chi connectivity index (χ1v) is 7.66. The normalized spacial score (nSPS) is 25.4. The van der Waals surface area contributed by atoms with Crippen LogP contribution in [0, 0.1) is 11.7 Å². The molecule has 1 aromatic rings. The zero-order valence-electron chi connectivity index (χ0n) is 12.8. The molecule has 1 fully saturated rings. The van der Waals surface area contributed by atoms with E-state index in [1.54, 1.807) is 12.1 Å². The molecule has 3 nitrogen and oxygen atoms in total. The summed E-state index contributed by atoms with van der Waals surface area (Å²) in [5.74, 6) is 1.08. The minimum Gasteiger partial charge on any atom is -0.493 e. The van der Waals surface area contributed by atoms with E-state index in [-0.39, 0.29) is 17.3 Å². The molecule has 0 aliphatic heterocycles. The number of carbonyl (C=O) groups is 1. The SMILES string of the molecule is CC1CCC(C)(NC(=O)CCOc2ccc(F)cc2)CC1. The zero-order valence-corrected chi connectivity index (χ0v) is 12.8. The molecule has 1 saturated carbocycles. The topological polar surface area (TPSA) is 38.3 Å². The van der Waals surface area contributed by atoms with E-state index in [2.05, 4.69) is 19.2 Å². The van der Waals surface area contributed by atoms with E-state index in [9.17, 15) is 9.18 Å². The van der Waals surface area contributed by atoms with Gasteiger partial charge in [-0.3, -0.25) is 4.79 Å². The van der Waals surface area contributed by atoms with Crippen LogP contribution >= 0.6 is 0 Å². The quantitative estimate of drug-likeness (QED) is 0.899. The minimum atomic E-state index is -0.292. The van der Waals surface area contributed by atoms with Gasteiger partial charge in [0.25, 0.3) is 0 Å². The van der Waals surface area contributed by atoms with Gasteiger partial charge in [-0.15, -0.1) is 0 Å². The van der Waals surface area contributed by atoms with Crippen molar-refractivity contribution >= 4 is 5.91 Å². The summed E-state index contributed by atoms with van der Waals surface area (Å²) >= 11 is 0. The van der Waals surface area contributed by atoms with E-state index < -0.39 is 0 Å². The first kappa shape index (κ1) is 15.8. The molecule has 21 heavy (non-hydrogen) atoms. The molecule has 0 aromatic heterocycles. The van der Waals surface area contributed by atoms with Crippen LogP contribution in [0.1, 0.15) is 46.0 Å². The van der Waals surface area contributed by atoms with Crippen LogP contribution in [0.15, 0.2) is 24.3 Å². The number of ether oxygens (including phenoxy) is 1. The molecule has 1 amide bonds. The predicted octanol–water partition coefficient (Wildman–Crippen LogP) is 3.68. The number of benzene rings is 1. The third-order valence-corrected chi connectivity index (χ3v) is 4.23. The third kappa shape index (κ3) is 5.03. The van der Waals surface area contributed by atoms with Crippen LogP contribution in [-0.4, -0.2) is 18.1 Å². The van der Waals surface area contributed by atoms with Crippen molar-refractivity contribution in [1.29, 1.82) is 0 Å². The Morgan fingerprint density at radius 3 is 2.57 bits per heavy atom. The largest absolute Gasteiger partial charge is 0.493 e. The maximum absolute atomic E-state index is 12.7. The molecule has 0 unspecified atom stereocenters. The van der Waals surface area contributed by atoms with Gasteiger partial charge in [-0.1, -0.05) is 6.92 Å². The van der Waals surface area contributed by atoms with Crippen molar-refractivity contribution < 1.29 is 13.9 Å². The summed E-state index contributed by atoms with van der Waals surface area (Å²) in [5.41, 5.74) is -0.0700. The molecule has 1 aliphatic rings. The van der Waals surface area contributed by atoms with Gasteiger partial charge >= 0.3 is 0 Å². The van der Waals surface area contributed by atoms with E-state index in [1.165, 1.54) is 25.0 Å². The maximum atomic E-state index is 12.7. The van der Waals surface area contributed by atoms with Crippen LogP contribution in [0.4, 0.5) is 4.39 Å². The molecule has 0 spiro atoms. The van der Waals surface area contributed by atoms with Crippen LogP contribution in [0.5, 0.6) is 5.75 Å². The Morgan fingerprint density at radius 1 is 1.33 bits per heavy atom. The van der Waals surface area contributed by atoms with Crippen molar-refractivity contribution in [2.24, 2.45) is 5.92 Å². The van der Waals surface area contributed by atoms with Gasteiger partial charge in [0.1, 0.15) is 11.6 Å². The van der Waals surface area contributed by atoms with Crippen molar-refractivity contribution in [3.63, 3.8) is 0 Å². The molecule has 1 aromatic carbocycles. The average Bonchev–Trinajstić information content (AvgIpc) is 2.44. The Bertz CT molecular complexity index is 464. The molecule has 2 rings (SSSR count). The van der Waals surface area contributed by atoms with Crippen molar-refractivity contribution in [3.8, 4) is 5.75 Å². The van der Waals surface area contributed by atoms with Gasteiger partial charge < -0.3 is 10.1 Å². The first-order chi connectivity index (χ1) is 9.97. The number of rotatable bonds is 5. The number of nitrogens with one attached hydrogen (secondary N) is 1. The molecular weight excluding hydrogens is 269 g/mol. The lowest BCUT2D eigenvalue weighted by Gasteiger charge is -2.37. The second kappa shape index (κ2) is 6.92. The van der Waals surface area contributed by atoms with Crippen molar-refractivity contribution in [2.45, 2.75) is 51.5 Å².